The molecule has 0 saturated heterocycles. The molecular weight excluding hydrogens is 531 g/mol. The molecular formula is C28H28F3N3O4S. The maximum absolute atomic E-state index is 13.7. The van der Waals surface area contributed by atoms with Crippen LogP contribution in [-0.4, -0.2) is 36.8 Å². The number of nitrogens with zero attached hydrogens (tertiary/aromatic N) is 2. The van der Waals surface area contributed by atoms with Crippen molar-refractivity contribution in [2.45, 2.75) is 55.6 Å². The molecule has 2 aromatic carbocycles. The lowest BCUT2D eigenvalue weighted by atomic mass is 9.84. The number of aromatic hydroxyl groups is 1. The molecule has 1 aliphatic heterocycles. The first-order valence-electron chi connectivity index (χ1n) is 12.7. The van der Waals surface area contributed by atoms with E-state index in [1.807, 2.05) is 0 Å². The number of anilines is 1. The Bertz CT molecular complexity index is 1520. The summed E-state index contributed by atoms with van der Waals surface area (Å²) >= 11 is 0. The molecule has 39 heavy (non-hydrogen) atoms. The number of alkyl halides is 3. The van der Waals surface area contributed by atoms with E-state index >= 15 is 0 Å². The molecule has 3 aromatic rings. The molecule has 0 unspecified atom stereocenters. The zero-order valence-corrected chi connectivity index (χ0v) is 22.1. The fraction of sp³-hybridized carbons (Fsp3) is 0.357. The molecule has 0 radical (unpaired) electrons. The Hall–Kier alpha value is -3.60. The molecule has 1 aromatic heterocycles. The Morgan fingerprint density at radius 2 is 1.77 bits per heavy atom. The molecule has 11 heteroatoms. The van der Waals surface area contributed by atoms with Gasteiger partial charge >= 0.3 is 12.2 Å². The van der Waals surface area contributed by atoms with Crippen LogP contribution in [0.25, 0.3) is 11.3 Å². The molecule has 1 aliphatic carbocycles. The predicted molar refractivity (Wildman–Crippen MR) is 140 cm³/mol. The van der Waals surface area contributed by atoms with Crippen molar-refractivity contribution in [1.29, 1.82) is 0 Å². The highest BCUT2D eigenvalue weighted by atomic mass is 32.2. The van der Waals surface area contributed by atoms with Gasteiger partial charge in [-0.25, -0.2) is 18.2 Å². The number of halogens is 3. The van der Waals surface area contributed by atoms with Gasteiger partial charge in [0.15, 0.2) is 9.84 Å². The van der Waals surface area contributed by atoms with E-state index in [1.165, 1.54) is 30.3 Å². The minimum Gasteiger partial charge on any atom is -0.508 e. The van der Waals surface area contributed by atoms with E-state index in [0.29, 0.717) is 24.0 Å². The molecule has 1 saturated carbocycles. The number of rotatable bonds is 5. The number of pyridine rings is 1. The molecule has 1 fully saturated rings. The maximum atomic E-state index is 13.7. The van der Waals surface area contributed by atoms with Crippen molar-refractivity contribution in [3.8, 4) is 17.0 Å². The first-order valence-corrected chi connectivity index (χ1v) is 14.4. The number of hydrogen-bond acceptors (Lipinski definition) is 5. The van der Waals surface area contributed by atoms with Crippen LogP contribution < -0.4 is 10.2 Å². The van der Waals surface area contributed by atoms with Gasteiger partial charge in [0, 0.05) is 24.1 Å². The maximum Gasteiger partial charge on any atom is 0.417 e. The van der Waals surface area contributed by atoms with Crippen LogP contribution >= 0.6 is 0 Å². The number of benzene rings is 2. The highest BCUT2D eigenvalue weighted by Crippen LogP contribution is 2.50. The van der Waals surface area contributed by atoms with Crippen molar-refractivity contribution in [1.82, 2.24) is 10.3 Å². The van der Waals surface area contributed by atoms with Crippen LogP contribution in [0.5, 0.6) is 5.75 Å². The summed E-state index contributed by atoms with van der Waals surface area (Å²) in [6, 6.07) is 12.2. The van der Waals surface area contributed by atoms with Gasteiger partial charge in [0.25, 0.3) is 0 Å². The molecule has 206 valence electrons. The van der Waals surface area contributed by atoms with E-state index < -0.39 is 32.7 Å². The molecule has 2 N–H and O–H groups in total. The summed E-state index contributed by atoms with van der Waals surface area (Å²) in [5.74, 6) is -0.483. The summed E-state index contributed by atoms with van der Waals surface area (Å²) in [6.07, 6.45) is -1.27. The number of phenolic OH excluding ortho intramolecular Hbond substituents is 1. The topological polar surface area (TPSA) is 99.6 Å². The van der Waals surface area contributed by atoms with Crippen LogP contribution in [0.2, 0.25) is 0 Å². The molecule has 0 atom stereocenters. The van der Waals surface area contributed by atoms with Gasteiger partial charge in [-0.05, 0) is 60.9 Å². The van der Waals surface area contributed by atoms with Gasteiger partial charge in [-0.15, -0.1) is 0 Å². The third-order valence-corrected chi connectivity index (χ3v) is 9.37. The van der Waals surface area contributed by atoms with E-state index in [1.54, 1.807) is 30.0 Å². The zero-order valence-electron chi connectivity index (χ0n) is 21.3. The SMILES string of the molecule is CCS(=O)(=O)c1ccc(CNC(=O)N2CC3(CCCC3)c3nc(-c4ccc(O)cc4C(F)(F)F)ccc32)cc1. The van der Waals surface area contributed by atoms with Crippen molar-refractivity contribution >= 4 is 21.6 Å². The summed E-state index contributed by atoms with van der Waals surface area (Å²) in [7, 11) is -3.32. The second-order valence-electron chi connectivity index (χ2n) is 10.1. The highest BCUT2D eigenvalue weighted by Gasteiger charge is 2.48. The molecule has 2 amide bonds. The summed E-state index contributed by atoms with van der Waals surface area (Å²) in [4.78, 5) is 19.8. The molecule has 5 rings (SSSR count). The van der Waals surface area contributed by atoms with Crippen LogP contribution in [0.1, 0.15) is 49.4 Å². The Balaban J connectivity index is 1.42. The third-order valence-electron chi connectivity index (χ3n) is 7.62. The summed E-state index contributed by atoms with van der Waals surface area (Å²) in [5, 5.41) is 12.5. The predicted octanol–water partition coefficient (Wildman–Crippen LogP) is 5.81. The second-order valence-corrected chi connectivity index (χ2v) is 12.3. The van der Waals surface area contributed by atoms with Crippen molar-refractivity contribution in [2.75, 3.05) is 17.2 Å². The van der Waals surface area contributed by atoms with Crippen molar-refractivity contribution in [3.63, 3.8) is 0 Å². The Labute approximate surface area is 224 Å². The van der Waals surface area contributed by atoms with Gasteiger partial charge in [-0.3, -0.25) is 4.90 Å². The van der Waals surface area contributed by atoms with Crippen LogP contribution in [0, 0.1) is 0 Å². The summed E-state index contributed by atoms with van der Waals surface area (Å²) in [6.45, 7) is 2.13. The van der Waals surface area contributed by atoms with Crippen molar-refractivity contribution in [2.24, 2.45) is 0 Å². The van der Waals surface area contributed by atoms with E-state index in [0.717, 1.165) is 31.2 Å². The third kappa shape index (κ3) is 5.07. The number of urea groups is 1. The fourth-order valence-corrected chi connectivity index (χ4v) is 6.43. The van der Waals surface area contributed by atoms with Crippen LogP contribution in [0.4, 0.5) is 23.7 Å². The van der Waals surface area contributed by atoms with Gasteiger partial charge in [-0.2, -0.15) is 13.2 Å². The van der Waals surface area contributed by atoms with Gasteiger partial charge in [-0.1, -0.05) is 31.9 Å². The Morgan fingerprint density at radius 3 is 2.41 bits per heavy atom. The van der Waals surface area contributed by atoms with E-state index in [-0.39, 0.29) is 34.5 Å². The minimum atomic E-state index is -4.68. The number of fused-ring (bicyclic) bond motifs is 2. The van der Waals surface area contributed by atoms with Gasteiger partial charge in [0.05, 0.1) is 33.3 Å². The van der Waals surface area contributed by atoms with E-state index in [4.69, 9.17) is 4.98 Å². The first kappa shape index (κ1) is 27.0. The number of carbonyl (C=O) groups excluding carboxylic acids is 1. The zero-order chi connectivity index (χ0) is 28.0. The van der Waals surface area contributed by atoms with Crippen molar-refractivity contribution < 1.29 is 31.5 Å². The molecule has 2 heterocycles. The number of hydrogen-bond donors (Lipinski definition) is 2. The van der Waals surface area contributed by atoms with Gasteiger partial charge in [0.2, 0.25) is 0 Å². The van der Waals surface area contributed by atoms with E-state index in [2.05, 4.69) is 5.32 Å². The lowest BCUT2D eigenvalue weighted by Crippen LogP contribution is -2.41. The first-order chi connectivity index (χ1) is 18.4. The van der Waals surface area contributed by atoms with Gasteiger partial charge in [0.1, 0.15) is 5.75 Å². The summed E-state index contributed by atoms with van der Waals surface area (Å²) in [5.41, 5.74) is 0.505. The lowest BCUT2D eigenvalue weighted by molar-refractivity contribution is -0.137. The molecule has 7 nitrogen and oxygen atoms in total. The van der Waals surface area contributed by atoms with Crippen LogP contribution in [0.3, 0.4) is 0 Å². The average Bonchev–Trinajstić information content (AvgIpc) is 3.52. The monoisotopic (exact) mass is 559 g/mol. The molecule has 2 aliphatic rings. The number of aromatic nitrogens is 1. The highest BCUT2D eigenvalue weighted by molar-refractivity contribution is 7.91. The number of sulfone groups is 1. The number of nitrogens with one attached hydrogen (secondary N) is 1. The van der Waals surface area contributed by atoms with Gasteiger partial charge < -0.3 is 10.4 Å². The minimum absolute atomic E-state index is 0.000780. The standard InChI is InChI=1S/C28H28F3N3O4S/c1-2-39(37,38)20-8-5-18(6-9-20)16-32-26(36)34-17-27(13-3-4-14-27)25-24(34)12-11-23(33-25)21-10-7-19(35)15-22(21)28(29,30)31/h5-12,15,35H,2-4,13-14,16-17H2,1H3,(H,32,36). The fourth-order valence-electron chi connectivity index (χ4n) is 5.55. The number of carbonyl (C=O) groups is 1. The molecule has 0 bridgehead atoms. The Kier molecular flexibility index (Phi) is 6.82. The quantitative estimate of drug-likeness (QED) is 0.411. The average molecular weight is 560 g/mol. The lowest BCUT2D eigenvalue weighted by Gasteiger charge is -2.24. The number of amides is 2. The number of phenols is 1. The largest absolute Gasteiger partial charge is 0.508 e. The van der Waals surface area contributed by atoms with Crippen molar-refractivity contribution in [3.05, 3.63) is 71.4 Å². The Morgan fingerprint density at radius 1 is 1.08 bits per heavy atom. The summed E-state index contributed by atoms with van der Waals surface area (Å²) < 4.78 is 65.3. The molecule has 1 spiro atoms. The smallest absolute Gasteiger partial charge is 0.417 e. The second kappa shape index (κ2) is 9.86. The van der Waals surface area contributed by atoms with Crippen LogP contribution in [0.15, 0.2) is 59.5 Å². The van der Waals surface area contributed by atoms with E-state index in [9.17, 15) is 31.5 Å². The normalized spacial score (nSPS) is 16.5. The van der Waals surface area contributed by atoms with Crippen LogP contribution in [-0.2, 0) is 28.0 Å².